The largest absolute Gasteiger partial charge is 0.482 e. The summed E-state index contributed by atoms with van der Waals surface area (Å²) >= 11 is 0. The number of hydrogen-bond acceptors (Lipinski definition) is 7. The summed E-state index contributed by atoms with van der Waals surface area (Å²) in [5.74, 6) is -0.773. The number of ether oxygens (including phenoxy) is 2. The molecule has 0 aliphatic carbocycles. The zero-order valence-corrected chi connectivity index (χ0v) is 15.6. The summed E-state index contributed by atoms with van der Waals surface area (Å²) in [6.07, 6.45) is -0.513. The van der Waals surface area contributed by atoms with Crippen molar-refractivity contribution < 1.29 is 28.8 Å². The van der Waals surface area contributed by atoms with E-state index in [0.29, 0.717) is 17.9 Å². The number of non-ortho nitro benzene ring substituents is 1. The van der Waals surface area contributed by atoms with Gasteiger partial charge in [-0.05, 0) is 18.2 Å². The Morgan fingerprint density at radius 1 is 1.13 bits per heavy atom. The van der Waals surface area contributed by atoms with Crippen molar-refractivity contribution in [2.75, 3.05) is 41.4 Å². The number of carbonyl (C=O) groups excluding carboxylic acids is 3. The van der Waals surface area contributed by atoms with E-state index in [-0.39, 0.29) is 36.9 Å². The van der Waals surface area contributed by atoms with E-state index in [2.05, 4.69) is 5.32 Å². The molecule has 0 atom stereocenters. The number of nitro groups is 1. The number of carbonyl (C=O) groups is 3. The molecule has 154 valence electrons. The van der Waals surface area contributed by atoms with Crippen LogP contribution in [0.1, 0.15) is 0 Å². The van der Waals surface area contributed by atoms with E-state index in [9.17, 15) is 24.5 Å². The van der Waals surface area contributed by atoms with E-state index >= 15 is 0 Å². The summed E-state index contributed by atoms with van der Waals surface area (Å²) in [6.45, 7) is -0.0624. The van der Waals surface area contributed by atoms with Crippen molar-refractivity contribution in [2.24, 2.45) is 0 Å². The Hall–Kier alpha value is -4.15. The first-order valence-electron chi connectivity index (χ1n) is 8.99. The molecule has 0 bridgehead atoms. The number of anilines is 3. The van der Waals surface area contributed by atoms with Gasteiger partial charge in [0.1, 0.15) is 18.9 Å². The molecular formula is C19H16N4O7. The molecule has 0 unspecified atom stereocenters. The van der Waals surface area contributed by atoms with E-state index in [1.807, 2.05) is 0 Å². The SMILES string of the molecule is O=C(CN1C(=O)COc2ccc([N+](=O)[O-])cc21)Nc1ccccc1N1CCOC1=O. The molecule has 2 heterocycles. The molecule has 2 aromatic rings. The van der Waals surface area contributed by atoms with Crippen LogP contribution in [0.4, 0.5) is 27.5 Å². The third-order valence-electron chi connectivity index (χ3n) is 4.63. The van der Waals surface area contributed by atoms with Gasteiger partial charge >= 0.3 is 6.09 Å². The number of nitrogens with one attached hydrogen (secondary N) is 1. The molecule has 11 heteroatoms. The van der Waals surface area contributed by atoms with Crippen molar-refractivity contribution in [3.8, 4) is 5.75 Å². The lowest BCUT2D eigenvalue weighted by molar-refractivity contribution is -0.384. The Kier molecular flexibility index (Phi) is 4.92. The number of rotatable bonds is 5. The number of cyclic esters (lactones) is 1. The normalized spacial score (nSPS) is 15.3. The second-order valence-electron chi connectivity index (χ2n) is 6.51. The third-order valence-corrected chi connectivity index (χ3v) is 4.63. The van der Waals surface area contributed by atoms with Gasteiger partial charge in [0.15, 0.2) is 6.61 Å². The van der Waals surface area contributed by atoms with Crippen LogP contribution in [0.5, 0.6) is 5.75 Å². The van der Waals surface area contributed by atoms with Gasteiger partial charge < -0.3 is 14.8 Å². The molecule has 1 saturated heterocycles. The lowest BCUT2D eigenvalue weighted by atomic mass is 10.2. The maximum absolute atomic E-state index is 12.7. The molecule has 11 nitrogen and oxygen atoms in total. The molecule has 3 amide bonds. The molecular weight excluding hydrogens is 396 g/mol. The number of fused-ring (bicyclic) bond motifs is 1. The summed E-state index contributed by atoms with van der Waals surface area (Å²) in [4.78, 5) is 49.9. The highest BCUT2D eigenvalue weighted by Crippen LogP contribution is 2.35. The van der Waals surface area contributed by atoms with Gasteiger partial charge in [-0.3, -0.25) is 29.5 Å². The number of amides is 3. The average Bonchev–Trinajstić information content (AvgIpc) is 3.16. The quantitative estimate of drug-likeness (QED) is 0.586. The van der Waals surface area contributed by atoms with Crippen molar-refractivity contribution >= 4 is 40.7 Å². The van der Waals surface area contributed by atoms with Crippen LogP contribution in [0.15, 0.2) is 42.5 Å². The van der Waals surface area contributed by atoms with Gasteiger partial charge in [-0.25, -0.2) is 4.79 Å². The van der Waals surface area contributed by atoms with Gasteiger partial charge in [0.2, 0.25) is 5.91 Å². The van der Waals surface area contributed by atoms with Gasteiger partial charge in [0, 0.05) is 12.1 Å². The summed E-state index contributed by atoms with van der Waals surface area (Å²) in [5, 5.41) is 13.8. The minimum absolute atomic E-state index is 0.145. The number of para-hydroxylation sites is 2. The molecule has 0 aromatic heterocycles. The van der Waals surface area contributed by atoms with Crippen LogP contribution >= 0.6 is 0 Å². The van der Waals surface area contributed by atoms with Gasteiger partial charge in [-0.1, -0.05) is 12.1 Å². The number of nitro benzene ring substituents is 1. The van der Waals surface area contributed by atoms with Crippen molar-refractivity contribution in [3.05, 3.63) is 52.6 Å². The monoisotopic (exact) mass is 412 g/mol. The molecule has 4 rings (SSSR count). The molecule has 1 N–H and O–H groups in total. The van der Waals surface area contributed by atoms with Gasteiger partial charge in [-0.2, -0.15) is 0 Å². The second kappa shape index (κ2) is 7.70. The molecule has 30 heavy (non-hydrogen) atoms. The molecule has 2 aromatic carbocycles. The highest BCUT2D eigenvalue weighted by atomic mass is 16.6. The van der Waals surface area contributed by atoms with Crippen LogP contribution < -0.4 is 19.9 Å². The lowest BCUT2D eigenvalue weighted by Gasteiger charge is -2.28. The highest BCUT2D eigenvalue weighted by molar-refractivity contribution is 6.06. The van der Waals surface area contributed by atoms with Gasteiger partial charge in [-0.15, -0.1) is 0 Å². The van der Waals surface area contributed by atoms with E-state index in [4.69, 9.17) is 9.47 Å². The van der Waals surface area contributed by atoms with Gasteiger partial charge in [0.05, 0.1) is 28.5 Å². The standard InChI is InChI=1S/C19H16N4O7/c24-17(20-13-3-1-2-4-14(13)21-7-8-29-19(21)26)10-22-15-9-12(23(27)28)5-6-16(15)30-11-18(22)25/h1-6,9H,7-8,10-11H2,(H,20,24). The first kappa shape index (κ1) is 19.2. The number of nitrogens with zero attached hydrogens (tertiary/aromatic N) is 3. The molecule has 0 spiro atoms. The maximum Gasteiger partial charge on any atom is 0.414 e. The van der Waals surface area contributed by atoms with Crippen LogP contribution in [0, 0.1) is 10.1 Å². The fourth-order valence-corrected chi connectivity index (χ4v) is 3.24. The van der Waals surface area contributed by atoms with E-state index < -0.39 is 22.8 Å². The topological polar surface area (TPSA) is 131 Å². The zero-order chi connectivity index (χ0) is 21.3. The van der Waals surface area contributed by atoms with Crippen molar-refractivity contribution in [1.29, 1.82) is 0 Å². The van der Waals surface area contributed by atoms with E-state index in [1.165, 1.54) is 23.1 Å². The predicted molar refractivity (Wildman–Crippen MR) is 105 cm³/mol. The van der Waals surface area contributed by atoms with Crippen LogP contribution in [-0.2, 0) is 14.3 Å². The third kappa shape index (κ3) is 3.60. The molecule has 0 saturated carbocycles. The first-order valence-corrected chi connectivity index (χ1v) is 8.99. The maximum atomic E-state index is 12.7. The Morgan fingerprint density at radius 3 is 2.67 bits per heavy atom. The first-order chi connectivity index (χ1) is 14.4. The van der Waals surface area contributed by atoms with Crippen molar-refractivity contribution in [2.45, 2.75) is 0 Å². The molecule has 2 aliphatic heterocycles. The van der Waals surface area contributed by atoms with Gasteiger partial charge in [0.25, 0.3) is 11.6 Å². The smallest absolute Gasteiger partial charge is 0.414 e. The van der Waals surface area contributed by atoms with Crippen molar-refractivity contribution in [3.63, 3.8) is 0 Å². The van der Waals surface area contributed by atoms with Crippen LogP contribution in [0.25, 0.3) is 0 Å². The van der Waals surface area contributed by atoms with Crippen LogP contribution in [0.3, 0.4) is 0 Å². The Morgan fingerprint density at radius 2 is 1.93 bits per heavy atom. The number of hydrogen-bond donors (Lipinski definition) is 1. The lowest BCUT2D eigenvalue weighted by Crippen LogP contribution is -2.43. The Balaban J connectivity index is 1.56. The Labute approximate surface area is 169 Å². The Bertz CT molecular complexity index is 1050. The predicted octanol–water partition coefficient (Wildman–Crippen LogP) is 1.92. The second-order valence-corrected chi connectivity index (χ2v) is 6.51. The zero-order valence-electron chi connectivity index (χ0n) is 15.6. The summed E-state index contributed by atoms with van der Waals surface area (Å²) in [5.41, 5.74) is 0.765. The van der Waals surface area contributed by atoms with Crippen molar-refractivity contribution in [1.82, 2.24) is 0 Å². The van der Waals surface area contributed by atoms with E-state index in [0.717, 1.165) is 4.90 Å². The number of benzene rings is 2. The molecule has 1 fully saturated rings. The fourth-order valence-electron chi connectivity index (χ4n) is 3.24. The highest BCUT2D eigenvalue weighted by Gasteiger charge is 2.30. The van der Waals surface area contributed by atoms with Crippen LogP contribution in [-0.4, -0.2) is 49.1 Å². The summed E-state index contributed by atoms with van der Waals surface area (Å²) < 4.78 is 10.2. The minimum atomic E-state index is -0.594. The van der Waals surface area contributed by atoms with Crippen LogP contribution in [0.2, 0.25) is 0 Å². The average molecular weight is 412 g/mol. The fraction of sp³-hybridized carbons (Fsp3) is 0.211. The minimum Gasteiger partial charge on any atom is -0.482 e. The van der Waals surface area contributed by atoms with E-state index in [1.54, 1.807) is 24.3 Å². The molecule has 2 aliphatic rings. The summed E-state index contributed by atoms with van der Waals surface area (Å²) in [7, 11) is 0. The summed E-state index contributed by atoms with van der Waals surface area (Å²) in [6, 6.07) is 10.5. The molecule has 0 radical (unpaired) electrons.